The Morgan fingerprint density at radius 3 is 2.38 bits per heavy atom. The standard InChI is InChI=1S/C18H24N2O3S/c1-17(2,3)11-18(4,5)20-16(22)13-8-9-14(24-13)19-15(21)12-7-6-10-23-12/h6-10H,11H2,1-5H3,(H,19,21)(H,20,22). The molecule has 24 heavy (non-hydrogen) atoms. The molecule has 0 fully saturated rings. The summed E-state index contributed by atoms with van der Waals surface area (Å²) in [7, 11) is 0. The van der Waals surface area contributed by atoms with E-state index in [1.54, 1.807) is 24.3 Å². The van der Waals surface area contributed by atoms with E-state index in [1.165, 1.54) is 17.6 Å². The van der Waals surface area contributed by atoms with Gasteiger partial charge < -0.3 is 15.1 Å². The molecule has 6 heteroatoms. The first kappa shape index (κ1) is 18.3. The number of carbonyl (C=O) groups is 2. The van der Waals surface area contributed by atoms with Gasteiger partial charge >= 0.3 is 0 Å². The van der Waals surface area contributed by atoms with E-state index in [0.29, 0.717) is 9.88 Å². The second kappa shape index (κ2) is 6.81. The Labute approximate surface area is 146 Å². The van der Waals surface area contributed by atoms with Crippen LogP contribution < -0.4 is 10.6 Å². The number of hydrogen-bond donors (Lipinski definition) is 2. The Morgan fingerprint density at radius 2 is 1.79 bits per heavy atom. The number of thiophene rings is 1. The average Bonchev–Trinajstić information content (AvgIpc) is 3.05. The summed E-state index contributed by atoms with van der Waals surface area (Å²) in [5.74, 6) is -0.227. The number of hydrogen-bond acceptors (Lipinski definition) is 4. The fourth-order valence-corrected chi connectivity index (χ4v) is 3.64. The number of nitrogens with one attached hydrogen (secondary N) is 2. The molecule has 0 bridgehead atoms. The second-order valence-electron chi connectivity index (χ2n) is 7.67. The van der Waals surface area contributed by atoms with Crippen LogP contribution in [0.4, 0.5) is 5.00 Å². The summed E-state index contributed by atoms with van der Waals surface area (Å²) in [6.07, 6.45) is 2.30. The minimum atomic E-state index is -0.332. The van der Waals surface area contributed by atoms with Crippen LogP contribution in [0.15, 0.2) is 34.9 Å². The molecule has 2 heterocycles. The SMILES string of the molecule is CC(C)(C)CC(C)(C)NC(=O)c1ccc(NC(=O)c2ccco2)s1. The van der Waals surface area contributed by atoms with Crippen molar-refractivity contribution in [3.05, 3.63) is 41.2 Å². The Bertz CT molecular complexity index is 709. The summed E-state index contributed by atoms with van der Waals surface area (Å²) >= 11 is 1.24. The molecule has 2 amide bonds. The van der Waals surface area contributed by atoms with Gasteiger partial charge in [-0.3, -0.25) is 9.59 Å². The molecule has 2 N–H and O–H groups in total. The van der Waals surface area contributed by atoms with Crippen LogP contribution in [-0.4, -0.2) is 17.4 Å². The summed E-state index contributed by atoms with van der Waals surface area (Å²) in [4.78, 5) is 24.9. The molecule has 2 aromatic heterocycles. The molecule has 0 aromatic carbocycles. The highest BCUT2D eigenvalue weighted by atomic mass is 32.1. The number of carbonyl (C=O) groups excluding carboxylic acids is 2. The molecule has 0 aliphatic rings. The number of amides is 2. The first-order chi connectivity index (χ1) is 11.1. The molecule has 0 aliphatic carbocycles. The molecule has 0 saturated heterocycles. The van der Waals surface area contributed by atoms with E-state index in [-0.39, 0.29) is 28.5 Å². The topological polar surface area (TPSA) is 71.3 Å². The van der Waals surface area contributed by atoms with E-state index in [0.717, 1.165) is 6.42 Å². The van der Waals surface area contributed by atoms with Crippen molar-refractivity contribution in [1.82, 2.24) is 5.32 Å². The summed E-state index contributed by atoms with van der Waals surface area (Å²) in [6, 6.07) is 6.67. The summed E-state index contributed by atoms with van der Waals surface area (Å²) < 4.78 is 5.05. The largest absolute Gasteiger partial charge is 0.459 e. The molecular weight excluding hydrogens is 324 g/mol. The van der Waals surface area contributed by atoms with E-state index in [9.17, 15) is 9.59 Å². The minimum absolute atomic E-state index is 0.119. The first-order valence-electron chi connectivity index (χ1n) is 7.83. The van der Waals surface area contributed by atoms with E-state index < -0.39 is 0 Å². The van der Waals surface area contributed by atoms with Gasteiger partial charge in [0, 0.05) is 5.54 Å². The van der Waals surface area contributed by atoms with Gasteiger partial charge in [0.25, 0.3) is 11.8 Å². The highest BCUT2D eigenvalue weighted by molar-refractivity contribution is 7.18. The fraction of sp³-hybridized carbons (Fsp3) is 0.444. The van der Waals surface area contributed by atoms with Gasteiger partial charge in [-0.05, 0) is 49.9 Å². The quantitative estimate of drug-likeness (QED) is 0.833. The molecule has 0 saturated carbocycles. The average molecular weight is 348 g/mol. The molecule has 0 atom stereocenters. The van der Waals surface area contributed by atoms with Gasteiger partial charge in [-0.15, -0.1) is 11.3 Å². The maximum absolute atomic E-state index is 12.4. The lowest BCUT2D eigenvalue weighted by Gasteiger charge is -2.33. The Morgan fingerprint density at radius 1 is 1.08 bits per heavy atom. The van der Waals surface area contributed by atoms with Crippen LogP contribution in [0.1, 0.15) is 61.3 Å². The molecule has 0 spiro atoms. The highest BCUT2D eigenvalue weighted by Gasteiger charge is 2.27. The predicted octanol–water partition coefficient (Wildman–Crippen LogP) is 4.54. The van der Waals surface area contributed by atoms with Gasteiger partial charge in [0.2, 0.25) is 0 Å². The van der Waals surface area contributed by atoms with Gasteiger partial charge in [-0.25, -0.2) is 0 Å². The molecule has 0 radical (unpaired) electrons. The molecule has 0 unspecified atom stereocenters. The highest BCUT2D eigenvalue weighted by Crippen LogP contribution is 2.28. The van der Waals surface area contributed by atoms with E-state index in [2.05, 4.69) is 31.4 Å². The van der Waals surface area contributed by atoms with Crippen LogP contribution >= 0.6 is 11.3 Å². The molecule has 0 aliphatic heterocycles. The molecule has 130 valence electrons. The zero-order chi connectivity index (χ0) is 18.0. The third-order valence-corrected chi connectivity index (χ3v) is 4.24. The smallest absolute Gasteiger partial charge is 0.291 e. The maximum atomic E-state index is 12.4. The van der Waals surface area contributed by atoms with Crippen molar-refractivity contribution in [2.75, 3.05) is 5.32 Å². The Hall–Kier alpha value is -2.08. The van der Waals surface area contributed by atoms with Crippen molar-refractivity contribution in [3.8, 4) is 0 Å². The van der Waals surface area contributed by atoms with E-state index in [4.69, 9.17) is 4.42 Å². The van der Waals surface area contributed by atoms with Crippen molar-refractivity contribution in [2.24, 2.45) is 5.41 Å². The predicted molar refractivity (Wildman–Crippen MR) is 96.6 cm³/mol. The molecular formula is C18H24N2O3S. The van der Waals surface area contributed by atoms with E-state index in [1.807, 2.05) is 13.8 Å². The van der Waals surface area contributed by atoms with Crippen molar-refractivity contribution in [1.29, 1.82) is 0 Å². The monoisotopic (exact) mass is 348 g/mol. The van der Waals surface area contributed by atoms with Crippen molar-refractivity contribution in [2.45, 2.75) is 46.6 Å². The van der Waals surface area contributed by atoms with Gasteiger partial charge in [0.15, 0.2) is 5.76 Å². The third kappa shape index (κ3) is 5.23. The van der Waals surface area contributed by atoms with Crippen molar-refractivity contribution in [3.63, 3.8) is 0 Å². The third-order valence-electron chi connectivity index (χ3n) is 3.24. The zero-order valence-corrected chi connectivity index (χ0v) is 15.5. The normalized spacial score (nSPS) is 12.0. The van der Waals surface area contributed by atoms with E-state index >= 15 is 0 Å². The van der Waals surface area contributed by atoms with Crippen LogP contribution in [0.3, 0.4) is 0 Å². The number of anilines is 1. The number of rotatable bonds is 5. The lowest BCUT2D eigenvalue weighted by Crippen LogP contribution is -2.45. The van der Waals surface area contributed by atoms with Crippen molar-refractivity contribution < 1.29 is 14.0 Å². The molecule has 5 nitrogen and oxygen atoms in total. The minimum Gasteiger partial charge on any atom is -0.459 e. The Balaban J connectivity index is 1.99. The number of furan rings is 1. The summed E-state index contributed by atoms with van der Waals surface area (Å²) in [5.41, 5.74) is -0.189. The molecule has 2 rings (SSSR count). The van der Waals surface area contributed by atoms with Gasteiger partial charge in [0.1, 0.15) is 0 Å². The fourth-order valence-electron chi connectivity index (χ4n) is 2.85. The van der Waals surface area contributed by atoms with Crippen LogP contribution in [0, 0.1) is 5.41 Å². The Kier molecular flexibility index (Phi) is 5.18. The van der Waals surface area contributed by atoms with Gasteiger partial charge in [-0.2, -0.15) is 0 Å². The van der Waals surface area contributed by atoms with Crippen LogP contribution in [0.2, 0.25) is 0 Å². The summed E-state index contributed by atoms with van der Waals surface area (Å²) in [6.45, 7) is 10.5. The zero-order valence-electron chi connectivity index (χ0n) is 14.7. The second-order valence-corrected chi connectivity index (χ2v) is 8.75. The van der Waals surface area contributed by atoms with Gasteiger partial charge in [-0.1, -0.05) is 20.8 Å². The summed E-state index contributed by atoms with van der Waals surface area (Å²) in [5, 5.41) is 6.40. The van der Waals surface area contributed by atoms with Crippen LogP contribution in [0.25, 0.3) is 0 Å². The molecule has 2 aromatic rings. The van der Waals surface area contributed by atoms with Crippen LogP contribution in [-0.2, 0) is 0 Å². The maximum Gasteiger partial charge on any atom is 0.291 e. The first-order valence-corrected chi connectivity index (χ1v) is 8.65. The lowest BCUT2D eigenvalue weighted by molar-refractivity contribution is 0.0895. The lowest BCUT2D eigenvalue weighted by atomic mass is 9.82. The van der Waals surface area contributed by atoms with Crippen LogP contribution in [0.5, 0.6) is 0 Å². The van der Waals surface area contributed by atoms with Gasteiger partial charge in [0.05, 0.1) is 16.1 Å². The van der Waals surface area contributed by atoms with Crippen molar-refractivity contribution >= 4 is 28.2 Å².